The molecular weight excluding hydrogens is 358 g/mol. The first kappa shape index (κ1) is 19.2. The number of aromatic nitrogens is 1. The Morgan fingerprint density at radius 3 is 2.54 bits per heavy atom. The lowest BCUT2D eigenvalue weighted by Gasteiger charge is -2.07. The largest absolute Gasteiger partial charge is 0.452 e. The molecule has 0 saturated carbocycles. The second-order valence-electron chi connectivity index (χ2n) is 6.29. The van der Waals surface area contributed by atoms with Gasteiger partial charge in [-0.25, -0.2) is 4.79 Å². The Kier molecular flexibility index (Phi) is 6.06. The molecule has 144 valence electrons. The number of hydrogen-bond acceptors (Lipinski definition) is 4. The summed E-state index contributed by atoms with van der Waals surface area (Å²) in [7, 11) is 0. The van der Waals surface area contributed by atoms with Gasteiger partial charge in [-0.1, -0.05) is 18.2 Å². The van der Waals surface area contributed by atoms with Crippen molar-refractivity contribution in [1.82, 2.24) is 10.3 Å². The fourth-order valence-corrected chi connectivity index (χ4v) is 2.83. The molecule has 1 heterocycles. The highest BCUT2D eigenvalue weighted by Crippen LogP contribution is 2.17. The highest BCUT2D eigenvalue weighted by atomic mass is 16.5. The predicted molar refractivity (Wildman–Crippen MR) is 106 cm³/mol. The predicted octanol–water partition coefficient (Wildman–Crippen LogP) is 2.64. The minimum Gasteiger partial charge on any atom is -0.452 e. The summed E-state index contributed by atoms with van der Waals surface area (Å²) >= 11 is 0. The molecule has 3 rings (SSSR count). The normalized spacial score (nSPS) is 10.5. The Morgan fingerprint density at radius 2 is 1.79 bits per heavy atom. The highest BCUT2D eigenvalue weighted by molar-refractivity contribution is 5.93. The van der Waals surface area contributed by atoms with Crippen LogP contribution in [0.3, 0.4) is 0 Å². The fraction of sp³-hybridized carbons (Fsp3) is 0.190. The van der Waals surface area contributed by atoms with Gasteiger partial charge in [0, 0.05) is 36.3 Å². The Hall–Kier alpha value is -3.61. The van der Waals surface area contributed by atoms with Crippen LogP contribution in [0.25, 0.3) is 10.9 Å². The lowest BCUT2D eigenvalue weighted by atomic mass is 10.1. The smallest absolute Gasteiger partial charge is 0.338 e. The Labute approximate surface area is 162 Å². The molecule has 2 amide bonds. The van der Waals surface area contributed by atoms with E-state index in [-0.39, 0.29) is 18.4 Å². The van der Waals surface area contributed by atoms with E-state index in [2.05, 4.69) is 15.6 Å². The summed E-state index contributed by atoms with van der Waals surface area (Å²) in [4.78, 5) is 38.1. The number of ether oxygens (including phenoxy) is 1. The average Bonchev–Trinajstić information content (AvgIpc) is 3.09. The number of benzene rings is 2. The summed E-state index contributed by atoms with van der Waals surface area (Å²) in [5.41, 5.74) is 3.06. The average molecular weight is 379 g/mol. The van der Waals surface area contributed by atoms with Crippen molar-refractivity contribution in [3.05, 3.63) is 65.9 Å². The molecule has 3 N–H and O–H groups in total. The van der Waals surface area contributed by atoms with Gasteiger partial charge in [-0.05, 0) is 42.3 Å². The fourth-order valence-electron chi connectivity index (χ4n) is 2.83. The summed E-state index contributed by atoms with van der Waals surface area (Å²) in [6, 6.07) is 14.2. The first-order valence-electron chi connectivity index (χ1n) is 8.89. The van der Waals surface area contributed by atoms with E-state index in [1.165, 1.54) is 19.1 Å². The molecule has 0 saturated heterocycles. The lowest BCUT2D eigenvalue weighted by Crippen LogP contribution is -2.30. The van der Waals surface area contributed by atoms with Gasteiger partial charge < -0.3 is 20.4 Å². The number of esters is 1. The molecule has 0 radical (unpaired) electrons. The van der Waals surface area contributed by atoms with Crippen LogP contribution in [0.15, 0.2) is 54.7 Å². The number of rotatable bonds is 7. The van der Waals surface area contributed by atoms with Gasteiger partial charge in [0.1, 0.15) is 0 Å². The standard InChI is InChI=1S/C21H21N3O4/c1-14(25)24-17-8-6-15(7-9-17)21(27)28-13-20(26)22-11-10-16-12-23-19-5-3-2-4-18(16)19/h2-9,12,23H,10-11,13H2,1H3,(H,22,26)(H,24,25). The van der Waals surface area contributed by atoms with Crippen molar-refractivity contribution in [2.24, 2.45) is 0 Å². The molecule has 0 fully saturated rings. The van der Waals surface area contributed by atoms with Crippen molar-refractivity contribution in [1.29, 1.82) is 0 Å². The van der Waals surface area contributed by atoms with E-state index >= 15 is 0 Å². The van der Waals surface area contributed by atoms with Crippen molar-refractivity contribution in [2.75, 3.05) is 18.5 Å². The maximum Gasteiger partial charge on any atom is 0.338 e. The number of aromatic amines is 1. The Morgan fingerprint density at radius 1 is 1.04 bits per heavy atom. The molecular formula is C21H21N3O4. The first-order chi connectivity index (χ1) is 13.5. The quantitative estimate of drug-likeness (QED) is 0.550. The van der Waals surface area contributed by atoms with E-state index < -0.39 is 5.97 Å². The molecule has 0 aliphatic carbocycles. The molecule has 0 aliphatic heterocycles. The number of carbonyl (C=O) groups is 3. The van der Waals surface area contributed by atoms with Crippen molar-refractivity contribution < 1.29 is 19.1 Å². The third-order valence-corrected chi connectivity index (χ3v) is 4.17. The van der Waals surface area contributed by atoms with Crippen LogP contribution in [-0.2, 0) is 20.7 Å². The number of anilines is 1. The molecule has 7 nitrogen and oxygen atoms in total. The molecule has 1 aromatic heterocycles. The van der Waals surface area contributed by atoms with Gasteiger partial charge in [0.05, 0.1) is 5.56 Å². The number of H-pyrrole nitrogens is 1. The van der Waals surface area contributed by atoms with Gasteiger partial charge in [0.15, 0.2) is 6.61 Å². The van der Waals surface area contributed by atoms with Crippen LogP contribution in [0.5, 0.6) is 0 Å². The summed E-state index contributed by atoms with van der Waals surface area (Å²) in [5, 5.41) is 6.49. The van der Waals surface area contributed by atoms with Crippen LogP contribution in [-0.4, -0.2) is 35.9 Å². The third kappa shape index (κ3) is 4.97. The molecule has 28 heavy (non-hydrogen) atoms. The van der Waals surface area contributed by atoms with Crippen LogP contribution in [0.2, 0.25) is 0 Å². The minimum atomic E-state index is -0.596. The van der Waals surface area contributed by atoms with E-state index in [9.17, 15) is 14.4 Å². The van der Waals surface area contributed by atoms with Crippen LogP contribution in [0.1, 0.15) is 22.8 Å². The maximum absolute atomic E-state index is 12.0. The zero-order valence-electron chi connectivity index (χ0n) is 15.5. The van der Waals surface area contributed by atoms with E-state index in [0.717, 1.165) is 16.5 Å². The second kappa shape index (κ2) is 8.85. The highest BCUT2D eigenvalue weighted by Gasteiger charge is 2.10. The maximum atomic E-state index is 12.0. The molecule has 0 aliphatic rings. The number of amides is 2. The van der Waals surface area contributed by atoms with Crippen LogP contribution < -0.4 is 10.6 Å². The number of fused-ring (bicyclic) bond motifs is 1. The van der Waals surface area contributed by atoms with Gasteiger partial charge in [-0.3, -0.25) is 9.59 Å². The van der Waals surface area contributed by atoms with Gasteiger partial charge in [-0.2, -0.15) is 0 Å². The minimum absolute atomic E-state index is 0.195. The van der Waals surface area contributed by atoms with Gasteiger partial charge in [0.2, 0.25) is 5.91 Å². The van der Waals surface area contributed by atoms with Crippen LogP contribution >= 0.6 is 0 Å². The topological polar surface area (TPSA) is 100 Å². The molecule has 7 heteroatoms. The summed E-state index contributed by atoms with van der Waals surface area (Å²) in [5.74, 6) is -1.15. The SMILES string of the molecule is CC(=O)Nc1ccc(C(=O)OCC(=O)NCCc2c[nH]c3ccccc23)cc1. The zero-order valence-corrected chi connectivity index (χ0v) is 15.5. The third-order valence-electron chi connectivity index (χ3n) is 4.17. The van der Waals surface area contributed by atoms with E-state index in [1.54, 1.807) is 12.1 Å². The van der Waals surface area contributed by atoms with Gasteiger partial charge in [-0.15, -0.1) is 0 Å². The van der Waals surface area contributed by atoms with Crippen molar-refractivity contribution in [3.8, 4) is 0 Å². The van der Waals surface area contributed by atoms with E-state index in [4.69, 9.17) is 4.74 Å². The van der Waals surface area contributed by atoms with Crippen molar-refractivity contribution >= 4 is 34.4 Å². The molecule has 2 aromatic carbocycles. The van der Waals surface area contributed by atoms with Gasteiger partial charge in [0.25, 0.3) is 5.91 Å². The lowest BCUT2D eigenvalue weighted by molar-refractivity contribution is -0.124. The monoisotopic (exact) mass is 379 g/mol. The summed E-state index contributed by atoms with van der Waals surface area (Å²) in [6.45, 7) is 1.50. The number of para-hydroxylation sites is 1. The Bertz CT molecular complexity index is 992. The summed E-state index contributed by atoms with van der Waals surface area (Å²) < 4.78 is 5.02. The van der Waals surface area contributed by atoms with Gasteiger partial charge >= 0.3 is 5.97 Å². The molecule has 0 unspecified atom stereocenters. The van der Waals surface area contributed by atoms with Crippen LogP contribution in [0, 0.1) is 0 Å². The number of nitrogens with one attached hydrogen (secondary N) is 3. The number of carbonyl (C=O) groups excluding carboxylic acids is 3. The van der Waals surface area contributed by atoms with Crippen molar-refractivity contribution in [2.45, 2.75) is 13.3 Å². The zero-order chi connectivity index (χ0) is 19.9. The first-order valence-corrected chi connectivity index (χ1v) is 8.89. The molecule has 0 bridgehead atoms. The van der Waals surface area contributed by atoms with E-state index in [1.807, 2.05) is 30.5 Å². The summed E-state index contributed by atoms with van der Waals surface area (Å²) in [6.07, 6.45) is 2.61. The molecule has 3 aromatic rings. The van der Waals surface area contributed by atoms with E-state index in [0.29, 0.717) is 24.2 Å². The van der Waals surface area contributed by atoms with Crippen LogP contribution in [0.4, 0.5) is 5.69 Å². The number of hydrogen-bond donors (Lipinski definition) is 3. The molecule has 0 spiro atoms. The van der Waals surface area contributed by atoms with Crippen molar-refractivity contribution in [3.63, 3.8) is 0 Å². The Balaban J connectivity index is 1.42. The molecule has 0 atom stereocenters. The second-order valence-corrected chi connectivity index (χ2v) is 6.29.